The highest BCUT2D eigenvalue weighted by atomic mass is 16.7. The summed E-state index contributed by atoms with van der Waals surface area (Å²) in [5, 5.41) is 12.6. The standard InChI is InChI=1S/C19H18N2O5/c1-11-2-4-15(22)14(6-11)20-19(24)12-7-18(23)21(9-12)13-3-5-16-17(8-13)26-10-25-16/h2-6,8,12,22H,7,9-10H2,1H3,(H,20,24). The van der Waals surface area contributed by atoms with Crippen molar-refractivity contribution in [3.05, 3.63) is 42.0 Å². The van der Waals surface area contributed by atoms with Gasteiger partial charge in [0.15, 0.2) is 11.5 Å². The van der Waals surface area contributed by atoms with E-state index < -0.39 is 5.92 Å². The molecule has 2 amide bonds. The second-order valence-electron chi connectivity index (χ2n) is 6.45. The Labute approximate surface area is 150 Å². The number of aromatic hydroxyl groups is 1. The minimum Gasteiger partial charge on any atom is -0.506 e. The third-order valence-electron chi connectivity index (χ3n) is 4.57. The number of carbonyl (C=O) groups is 2. The van der Waals surface area contributed by atoms with Gasteiger partial charge in [0.25, 0.3) is 0 Å². The number of fused-ring (bicyclic) bond motifs is 1. The maximum absolute atomic E-state index is 12.5. The lowest BCUT2D eigenvalue weighted by Crippen LogP contribution is -2.28. The van der Waals surface area contributed by atoms with Gasteiger partial charge in [-0.1, -0.05) is 6.07 Å². The van der Waals surface area contributed by atoms with Crippen molar-refractivity contribution in [3.63, 3.8) is 0 Å². The third kappa shape index (κ3) is 2.92. The Morgan fingerprint density at radius 3 is 2.85 bits per heavy atom. The van der Waals surface area contributed by atoms with Crippen LogP contribution in [-0.4, -0.2) is 30.3 Å². The van der Waals surface area contributed by atoms with Gasteiger partial charge in [0.1, 0.15) is 5.75 Å². The normalized spacial score (nSPS) is 18.3. The molecule has 0 bridgehead atoms. The first-order chi connectivity index (χ1) is 12.5. The maximum atomic E-state index is 12.5. The van der Waals surface area contributed by atoms with E-state index in [0.717, 1.165) is 5.56 Å². The average Bonchev–Trinajstić information content (AvgIpc) is 3.23. The molecule has 1 atom stereocenters. The Morgan fingerprint density at radius 1 is 1.19 bits per heavy atom. The summed E-state index contributed by atoms with van der Waals surface area (Å²) < 4.78 is 10.6. The maximum Gasteiger partial charge on any atom is 0.231 e. The molecule has 4 rings (SSSR count). The molecule has 1 fully saturated rings. The summed E-state index contributed by atoms with van der Waals surface area (Å²) >= 11 is 0. The first kappa shape index (κ1) is 16.3. The summed E-state index contributed by atoms with van der Waals surface area (Å²) in [6.07, 6.45) is 0.118. The van der Waals surface area contributed by atoms with Crippen molar-refractivity contribution in [3.8, 4) is 17.2 Å². The van der Waals surface area contributed by atoms with Gasteiger partial charge in [-0.25, -0.2) is 0 Å². The zero-order valence-corrected chi connectivity index (χ0v) is 14.2. The minimum absolute atomic E-state index is 0.000834. The lowest BCUT2D eigenvalue weighted by atomic mass is 10.1. The predicted octanol–water partition coefficient (Wildman–Crippen LogP) is 2.42. The molecule has 7 heteroatoms. The van der Waals surface area contributed by atoms with E-state index in [-0.39, 0.29) is 37.3 Å². The van der Waals surface area contributed by atoms with Crippen molar-refractivity contribution in [1.82, 2.24) is 0 Å². The molecular weight excluding hydrogens is 336 g/mol. The molecule has 2 aromatic rings. The Bertz CT molecular complexity index is 895. The van der Waals surface area contributed by atoms with E-state index in [1.165, 1.54) is 6.07 Å². The van der Waals surface area contributed by atoms with E-state index in [9.17, 15) is 14.7 Å². The number of hydrogen-bond donors (Lipinski definition) is 2. The Balaban J connectivity index is 1.49. The number of nitrogens with zero attached hydrogens (tertiary/aromatic N) is 1. The minimum atomic E-state index is -0.493. The zero-order valence-electron chi connectivity index (χ0n) is 14.2. The molecule has 0 aromatic heterocycles. The second-order valence-corrected chi connectivity index (χ2v) is 6.45. The first-order valence-electron chi connectivity index (χ1n) is 8.32. The van der Waals surface area contributed by atoms with Crippen LogP contribution in [0, 0.1) is 12.8 Å². The summed E-state index contributed by atoms with van der Waals surface area (Å²) in [6.45, 7) is 2.31. The number of hydrogen-bond acceptors (Lipinski definition) is 5. The van der Waals surface area contributed by atoms with Crippen molar-refractivity contribution in [2.24, 2.45) is 5.92 Å². The third-order valence-corrected chi connectivity index (χ3v) is 4.57. The molecule has 2 aliphatic rings. The molecule has 2 heterocycles. The summed E-state index contributed by atoms with van der Waals surface area (Å²) in [5.41, 5.74) is 1.94. The van der Waals surface area contributed by atoms with Crippen molar-refractivity contribution >= 4 is 23.2 Å². The quantitative estimate of drug-likeness (QED) is 0.827. The monoisotopic (exact) mass is 354 g/mol. The molecule has 2 aliphatic heterocycles. The van der Waals surface area contributed by atoms with Crippen LogP contribution in [-0.2, 0) is 9.59 Å². The van der Waals surface area contributed by atoms with Crippen LogP contribution in [0.15, 0.2) is 36.4 Å². The number of ether oxygens (including phenoxy) is 2. The first-order valence-corrected chi connectivity index (χ1v) is 8.32. The largest absolute Gasteiger partial charge is 0.506 e. The lowest BCUT2D eigenvalue weighted by molar-refractivity contribution is -0.122. The zero-order chi connectivity index (χ0) is 18.3. The van der Waals surface area contributed by atoms with Crippen molar-refractivity contribution < 1.29 is 24.2 Å². The van der Waals surface area contributed by atoms with Gasteiger partial charge in [-0.3, -0.25) is 9.59 Å². The van der Waals surface area contributed by atoms with E-state index in [1.807, 2.05) is 6.92 Å². The molecule has 2 aromatic carbocycles. The fraction of sp³-hybridized carbons (Fsp3) is 0.263. The fourth-order valence-corrected chi connectivity index (χ4v) is 3.17. The molecule has 1 unspecified atom stereocenters. The van der Waals surface area contributed by atoms with E-state index in [0.29, 0.717) is 22.9 Å². The van der Waals surface area contributed by atoms with Gasteiger partial charge >= 0.3 is 0 Å². The number of carbonyl (C=O) groups excluding carboxylic acids is 2. The van der Waals surface area contributed by atoms with Gasteiger partial charge in [0, 0.05) is 24.7 Å². The summed E-state index contributed by atoms with van der Waals surface area (Å²) in [4.78, 5) is 26.5. The number of phenols is 1. The summed E-state index contributed by atoms with van der Waals surface area (Å²) in [5.74, 6) is 0.325. The van der Waals surface area contributed by atoms with Crippen LogP contribution in [0.3, 0.4) is 0 Å². The van der Waals surface area contributed by atoms with Gasteiger partial charge in [0.2, 0.25) is 18.6 Å². The number of rotatable bonds is 3. The molecule has 0 saturated carbocycles. The van der Waals surface area contributed by atoms with Crippen LogP contribution in [0.25, 0.3) is 0 Å². The van der Waals surface area contributed by atoms with E-state index in [2.05, 4.69) is 5.32 Å². The Kier molecular flexibility index (Phi) is 3.91. The van der Waals surface area contributed by atoms with Gasteiger partial charge < -0.3 is 24.8 Å². The van der Waals surface area contributed by atoms with E-state index >= 15 is 0 Å². The molecule has 0 spiro atoms. The lowest BCUT2D eigenvalue weighted by Gasteiger charge is -2.17. The summed E-state index contributed by atoms with van der Waals surface area (Å²) in [7, 11) is 0. The van der Waals surface area contributed by atoms with Crippen LogP contribution >= 0.6 is 0 Å². The highest BCUT2D eigenvalue weighted by Gasteiger charge is 2.36. The highest BCUT2D eigenvalue weighted by molar-refractivity contribution is 6.04. The van der Waals surface area contributed by atoms with Gasteiger partial charge in [0.05, 0.1) is 11.6 Å². The Hall–Kier alpha value is -3.22. The molecule has 2 N–H and O–H groups in total. The highest BCUT2D eigenvalue weighted by Crippen LogP contribution is 2.37. The van der Waals surface area contributed by atoms with E-state index in [1.54, 1.807) is 35.2 Å². The number of phenolic OH excluding ortho intramolecular Hbond substituents is 1. The summed E-state index contributed by atoms with van der Waals surface area (Å²) in [6, 6.07) is 10.3. The predicted molar refractivity (Wildman–Crippen MR) is 94.5 cm³/mol. The molecule has 7 nitrogen and oxygen atoms in total. The topological polar surface area (TPSA) is 88.1 Å². The van der Waals surface area contributed by atoms with Crippen molar-refractivity contribution in [2.75, 3.05) is 23.6 Å². The van der Waals surface area contributed by atoms with Crippen LogP contribution < -0.4 is 19.7 Å². The van der Waals surface area contributed by atoms with Crippen LogP contribution in [0.5, 0.6) is 17.2 Å². The van der Waals surface area contributed by atoms with Gasteiger partial charge in [-0.15, -0.1) is 0 Å². The molecule has 134 valence electrons. The second kappa shape index (κ2) is 6.25. The number of benzene rings is 2. The van der Waals surface area contributed by atoms with Crippen LogP contribution in [0.4, 0.5) is 11.4 Å². The molecule has 26 heavy (non-hydrogen) atoms. The molecule has 0 radical (unpaired) electrons. The SMILES string of the molecule is Cc1ccc(O)c(NC(=O)C2CC(=O)N(c3ccc4c(c3)OCO4)C2)c1. The van der Waals surface area contributed by atoms with Crippen LogP contribution in [0.2, 0.25) is 0 Å². The number of amides is 2. The van der Waals surface area contributed by atoms with Gasteiger partial charge in [-0.2, -0.15) is 0 Å². The number of aryl methyl sites for hydroxylation is 1. The molecular formula is C19H18N2O5. The smallest absolute Gasteiger partial charge is 0.231 e. The van der Waals surface area contributed by atoms with Crippen molar-refractivity contribution in [1.29, 1.82) is 0 Å². The van der Waals surface area contributed by atoms with Crippen LogP contribution in [0.1, 0.15) is 12.0 Å². The average molecular weight is 354 g/mol. The number of anilines is 2. The molecule has 0 aliphatic carbocycles. The number of nitrogens with one attached hydrogen (secondary N) is 1. The van der Waals surface area contributed by atoms with E-state index in [4.69, 9.17) is 9.47 Å². The van der Waals surface area contributed by atoms with Crippen molar-refractivity contribution in [2.45, 2.75) is 13.3 Å². The van der Waals surface area contributed by atoms with Gasteiger partial charge in [-0.05, 0) is 36.8 Å². The fourth-order valence-electron chi connectivity index (χ4n) is 3.17. The molecule has 1 saturated heterocycles. The Morgan fingerprint density at radius 2 is 2.00 bits per heavy atom.